The molecule has 0 saturated carbocycles. The summed E-state index contributed by atoms with van der Waals surface area (Å²) in [7, 11) is -7.58. The topological polar surface area (TPSA) is 196 Å². The SMILES string of the molecule is O=C(CBr)c1ccc(NS(=O)(=O)c2ccc(OCCCN3CCOCC3)cc2)nc1.O=C(CBr)c1ccc(NS(=O)(=O)c2ccc(OCCCN3CCOCC3)cc2)nc1. The van der Waals surface area contributed by atoms with Gasteiger partial charge in [0, 0.05) is 62.8 Å². The number of Topliss-reactive ketones (excluding diaryl/α,β-unsaturated/α-hetero) is 2. The third-order valence-electron chi connectivity index (χ3n) is 9.14. The first-order valence-electron chi connectivity index (χ1n) is 19.2. The number of morpholine rings is 2. The van der Waals surface area contributed by atoms with Crippen LogP contribution in [0, 0.1) is 0 Å². The molecule has 2 aliphatic heterocycles. The van der Waals surface area contributed by atoms with Gasteiger partial charge in [-0.2, -0.15) is 0 Å². The van der Waals surface area contributed by atoms with E-state index in [4.69, 9.17) is 18.9 Å². The van der Waals surface area contributed by atoms with Crippen molar-refractivity contribution in [1.29, 1.82) is 0 Å². The maximum Gasteiger partial charge on any atom is 0.263 e. The number of ether oxygens (including phenoxy) is 4. The van der Waals surface area contributed by atoms with Gasteiger partial charge in [0.15, 0.2) is 11.6 Å². The largest absolute Gasteiger partial charge is 0.494 e. The molecule has 60 heavy (non-hydrogen) atoms. The normalized spacial score (nSPS) is 15.0. The van der Waals surface area contributed by atoms with E-state index in [1.54, 1.807) is 24.3 Å². The van der Waals surface area contributed by atoms with Crippen molar-refractivity contribution in [2.75, 3.05) is 99.0 Å². The summed E-state index contributed by atoms with van der Waals surface area (Å²) in [5.74, 6) is 1.27. The second kappa shape index (κ2) is 23.8. The lowest BCUT2D eigenvalue weighted by Gasteiger charge is -2.26. The number of nitrogens with one attached hydrogen (secondary N) is 2. The van der Waals surface area contributed by atoms with Gasteiger partial charge in [0.2, 0.25) is 0 Å². The predicted octanol–water partition coefficient (Wildman–Crippen LogP) is 5.12. The fourth-order valence-corrected chi connectivity index (χ4v) is 8.49. The fraction of sp³-hybridized carbons (Fsp3) is 0.400. The molecule has 2 aromatic heterocycles. The number of anilines is 2. The molecule has 2 N–H and O–H groups in total. The van der Waals surface area contributed by atoms with E-state index in [2.05, 4.69) is 61.1 Å². The van der Waals surface area contributed by atoms with Crippen LogP contribution in [0.2, 0.25) is 0 Å². The minimum Gasteiger partial charge on any atom is -0.494 e. The van der Waals surface area contributed by atoms with Crippen molar-refractivity contribution in [1.82, 2.24) is 19.8 Å². The maximum atomic E-state index is 12.5. The molecule has 0 radical (unpaired) electrons. The van der Waals surface area contributed by atoms with Crippen molar-refractivity contribution in [2.45, 2.75) is 22.6 Å². The molecule has 0 bridgehead atoms. The monoisotopic (exact) mass is 994 g/mol. The van der Waals surface area contributed by atoms with Gasteiger partial charge in [0.1, 0.15) is 23.1 Å². The number of rotatable bonds is 20. The summed E-state index contributed by atoms with van der Waals surface area (Å²) in [6, 6.07) is 18.5. The quantitative estimate of drug-likeness (QED) is 0.0673. The lowest BCUT2D eigenvalue weighted by atomic mass is 10.2. The van der Waals surface area contributed by atoms with Crippen LogP contribution < -0.4 is 18.9 Å². The Hall–Kier alpha value is -4.02. The van der Waals surface area contributed by atoms with Crippen LogP contribution in [0.3, 0.4) is 0 Å². The Labute approximate surface area is 367 Å². The van der Waals surface area contributed by atoms with E-state index >= 15 is 0 Å². The molecule has 16 nitrogen and oxygen atoms in total. The number of hydrogen-bond donors (Lipinski definition) is 2. The number of ketones is 2. The van der Waals surface area contributed by atoms with Crippen LogP contribution in [0.1, 0.15) is 33.6 Å². The molecular weight excluding hydrogens is 948 g/mol. The third kappa shape index (κ3) is 15.2. The summed E-state index contributed by atoms with van der Waals surface area (Å²) in [6.45, 7) is 9.93. The van der Waals surface area contributed by atoms with E-state index in [-0.39, 0.29) is 43.7 Å². The zero-order valence-electron chi connectivity index (χ0n) is 32.8. The number of alkyl halides is 2. The van der Waals surface area contributed by atoms with Crippen molar-refractivity contribution in [3.8, 4) is 11.5 Å². The van der Waals surface area contributed by atoms with Gasteiger partial charge in [-0.05, 0) is 85.6 Å². The van der Waals surface area contributed by atoms with Crippen molar-refractivity contribution >= 4 is 75.1 Å². The highest BCUT2D eigenvalue weighted by atomic mass is 79.9. The molecule has 324 valence electrons. The van der Waals surface area contributed by atoms with Crippen LogP contribution in [0.5, 0.6) is 11.5 Å². The van der Waals surface area contributed by atoms with E-state index in [1.165, 1.54) is 60.9 Å². The average molecular weight is 997 g/mol. The molecule has 0 amide bonds. The van der Waals surface area contributed by atoms with Gasteiger partial charge in [-0.3, -0.25) is 28.8 Å². The summed E-state index contributed by atoms with van der Waals surface area (Å²) < 4.78 is 77.0. The highest BCUT2D eigenvalue weighted by Crippen LogP contribution is 2.21. The fourth-order valence-electron chi connectivity index (χ4n) is 5.82. The van der Waals surface area contributed by atoms with E-state index in [1.807, 2.05) is 0 Å². The molecule has 2 fully saturated rings. The van der Waals surface area contributed by atoms with Gasteiger partial charge in [-0.1, -0.05) is 31.9 Å². The first kappa shape index (κ1) is 47.0. The Kier molecular flexibility index (Phi) is 18.7. The summed E-state index contributed by atoms with van der Waals surface area (Å²) in [5, 5.41) is 0.364. The summed E-state index contributed by atoms with van der Waals surface area (Å²) in [4.78, 5) is 36.1. The van der Waals surface area contributed by atoms with Gasteiger partial charge in [0.25, 0.3) is 20.0 Å². The minimum atomic E-state index is -3.79. The molecule has 20 heteroatoms. The second-order valence-electron chi connectivity index (χ2n) is 13.4. The van der Waals surface area contributed by atoms with Crippen LogP contribution in [0.15, 0.2) is 95.0 Å². The minimum absolute atomic E-state index is 0.102. The number of halogens is 2. The summed E-state index contributed by atoms with van der Waals surface area (Å²) in [6.07, 6.45) is 4.46. The highest BCUT2D eigenvalue weighted by molar-refractivity contribution is 9.09. The molecule has 0 aliphatic carbocycles. The average Bonchev–Trinajstić information content (AvgIpc) is 3.27. The van der Waals surface area contributed by atoms with Gasteiger partial charge >= 0.3 is 0 Å². The first-order chi connectivity index (χ1) is 29.0. The number of carbonyl (C=O) groups excluding carboxylic acids is 2. The van der Waals surface area contributed by atoms with Crippen LogP contribution in [0.4, 0.5) is 11.6 Å². The molecule has 6 rings (SSSR count). The third-order valence-corrected chi connectivity index (χ3v) is 12.9. The molecule has 4 aromatic rings. The lowest BCUT2D eigenvalue weighted by molar-refractivity contribution is 0.0357. The van der Waals surface area contributed by atoms with E-state index in [0.29, 0.717) is 35.8 Å². The Morgan fingerprint density at radius 2 is 0.950 bits per heavy atom. The van der Waals surface area contributed by atoms with Gasteiger partial charge in [0.05, 0.1) is 60.1 Å². The van der Waals surface area contributed by atoms with Crippen molar-refractivity contribution in [3.05, 3.63) is 96.3 Å². The molecule has 0 spiro atoms. The number of aromatic nitrogens is 2. The molecule has 2 aliphatic rings. The molecule has 0 unspecified atom stereocenters. The Morgan fingerprint density at radius 1 is 0.583 bits per heavy atom. The van der Waals surface area contributed by atoms with Crippen molar-refractivity contribution < 1.29 is 45.4 Å². The Bertz CT molecular complexity index is 2020. The predicted molar refractivity (Wildman–Crippen MR) is 234 cm³/mol. The van der Waals surface area contributed by atoms with Crippen LogP contribution in [-0.4, -0.2) is 138 Å². The number of hydrogen-bond acceptors (Lipinski definition) is 14. The van der Waals surface area contributed by atoms with Crippen LogP contribution in [-0.2, 0) is 29.5 Å². The highest BCUT2D eigenvalue weighted by Gasteiger charge is 2.18. The van der Waals surface area contributed by atoms with Gasteiger partial charge < -0.3 is 18.9 Å². The number of pyridine rings is 2. The molecule has 2 aromatic carbocycles. The molecular formula is C40H48Br2N6O10S2. The first-order valence-corrected chi connectivity index (χ1v) is 24.4. The number of sulfonamides is 2. The zero-order chi connectivity index (χ0) is 42.8. The molecule has 2 saturated heterocycles. The van der Waals surface area contributed by atoms with Crippen molar-refractivity contribution in [3.63, 3.8) is 0 Å². The standard InChI is InChI=1S/2C20H24BrN3O5S/c2*21-14-19(25)16-2-7-20(22-15-16)23-30(26,27)18-5-3-17(4-6-18)29-11-1-8-24-9-12-28-13-10-24/h2*2-7,15H,1,8-14H2,(H,22,23). The summed E-state index contributed by atoms with van der Waals surface area (Å²) in [5.41, 5.74) is 0.815. The molecule has 0 atom stereocenters. The summed E-state index contributed by atoms with van der Waals surface area (Å²) >= 11 is 6.17. The number of benzene rings is 2. The lowest BCUT2D eigenvalue weighted by Crippen LogP contribution is -2.37. The van der Waals surface area contributed by atoms with E-state index < -0.39 is 20.0 Å². The van der Waals surface area contributed by atoms with Crippen molar-refractivity contribution in [2.24, 2.45) is 0 Å². The maximum absolute atomic E-state index is 12.5. The smallest absolute Gasteiger partial charge is 0.263 e. The Balaban J connectivity index is 0.000000228. The van der Waals surface area contributed by atoms with Crippen LogP contribution in [0.25, 0.3) is 0 Å². The zero-order valence-corrected chi connectivity index (χ0v) is 37.6. The van der Waals surface area contributed by atoms with Gasteiger partial charge in [-0.15, -0.1) is 0 Å². The Morgan fingerprint density at radius 3 is 1.27 bits per heavy atom. The second-order valence-corrected chi connectivity index (χ2v) is 17.9. The number of nitrogens with zero attached hydrogens (tertiary/aromatic N) is 4. The van der Waals surface area contributed by atoms with Gasteiger partial charge in [-0.25, -0.2) is 26.8 Å². The molecule has 4 heterocycles. The van der Waals surface area contributed by atoms with Crippen LogP contribution >= 0.6 is 31.9 Å². The van der Waals surface area contributed by atoms with E-state index in [9.17, 15) is 26.4 Å². The number of carbonyl (C=O) groups is 2. The van der Waals surface area contributed by atoms with E-state index in [0.717, 1.165) is 78.5 Å².